The second-order valence-corrected chi connectivity index (χ2v) is 7.35. The minimum absolute atomic E-state index is 0.137. The molecule has 0 aliphatic carbocycles. The Morgan fingerprint density at radius 3 is 2.72 bits per heavy atom. The number of nitrogens with one attached hydrogen (secondary N) is 2. The Morgan fingerprint density at radius 2 is 1.97 bits per heavy atom. The van der Waals surface area contributed by atoms with Gasteiger partial charge in [-0.2, -0.15) is 0 Å². The van der Waals surface area contributed by atoms with Crippen molar-refractivity contribution in [1.29, 1.82) is 0 Å². The van der Waals surface area contributed by atoms with Crippen molar-refractivity contribution in [3.8, 4) is 22.9 Å². The number of amides is 1. The van der Waals surface area contributed by atoms with Gasteiger partial charge < -0.3 is 19.8 Å². The summed E-state index contributed by atoms with van der Waals surface area (Å²) in [6.07, 6.45) is 3.20. The van der Waals surface area contributed by atoms with Crippen LogP contribution in [0.4, 0.5) is 10.1 Å². The molecule has 0 fully saturated rings. The Balaban J connectivity index is 1.51. The van der Waals surface area contributed by atoms with Crippen LogP contribution in [0.3, 0.4) is 0 Å². The lowest BCUT2D eigenvalue weighted by atomic mass is 10.0. The molecule has 6 nitrogen and oxygen atoms in total. The van der Waals surface area contributed by atoms with Gasteiger partial charge in [0, 0.05) is 29.6 Å². The van der Waals surface area contributed by atoms with Crippen molar-refractivity contribution in [3.63, 3.8) is 0 Å². The molecule has 1 amide bonds. The van der Waals surface area contributed by atoms with E-state index in [1.807, 2.05) is 18.2 Å². The molecule has 0 aliphatic heterocycles. The number of H-pyrrole nitrogens is 1. The second-order valence-electron chi connectivity index (χ2n) is 7.35. The maximum Gasteiger partial charge on any atom is 0.224 e. The third-order valence-corrected chi connectivity index (χ3v) is 5.30. The quantitative estimate of drug-likeness (QED) is 0.393. The number of fused-ring (bicyclic) bond motifs is 1. The summed E-state index contributed by atoms with van der Waals surface area (Å²) in [5.74, 6) is 0.751. The molecular formula is C25H24FN3O3. The van der Waals surface area contributed by atoms with Crippen LogP contribution >= 0.6 is 0 Å². The van der Waals surface area contributed by atoms with Crippen molar-refractivity contribution in [1.82, 2.24) is 9.97 Å². The van der Waals surface area contributed by atoms with Crippen LogP contribution < -0.4 is 14.8 Å². The second kappa shape index (κ2) is 9.51. The smallest absolute Gasteiger partial charge is 0.224 e. The standard InChI is InChI=1S/C25H24FN3O3/c1-31-17-10-12-23(32-2)22(15-17)28-24(30)8-5-6-18-19-14-16(26)9-11-20(19)29-25(18)21-7-3-4-13-27-21/h3-4,7,9-15,29H,5-6,8H2,1-2H3,(H,28,30). The van der Waals surface area contributed by atoms with E-state index in [4.69, 9.17) is 9.47 Å². The number of hydrogen-bond donors (Lipinski definition) is 2. The zero-order chi connectivity index (χ0) is 22.5. The Bertz CT molecular complexity index is 1240. The molecule has 0 atom stereocenters. The fourth-order valence-corrected chi connectivity index (χ4v) is 3.76. The van der Waals surface area contributed by atoms with Gasteiger partial charge in [0.15, 0.2) is 0 Å². The van der Waals surface area contributed by atoms with Crippen molar-refractivity contribution in [2.24, 2.45) is 0 Å². The van der Waals surface area contributed by atoms with Gasteiger partial charge in [0.05, 0.1) is 31.3 Å². The SMILES string of the molecule is COc1ccc(OC)c(NC(=O)CCCc2c(-c3ccccn3)[nH]c3ccc(F)cc23)c1. The highest BCUT2D eigenvalue weighted by atomic mass is 19.1. The zero-order valence-corrected chi connectivity index (χ0v) is 17.9. The van der Waals surface area contributed by atoms with Crippen LogP contribution in [0.2, 0.25) is 0 Å². The lowest BCUT2D eigenvalue weighted by Crippen LogP contribution is -2.12. The number of hydrogen-bond acceptors (Lipinski definition) is 4. The molecule has 4 rings (SSSR count). The molecule has 0 aliphatic rings. The average molecular weight is 433 g/mol. The molecular weight excluding hydrogens is 409 g/mol. The highest BCUT2D eigenvalue weighted by molar-refractivity contribution is 5.93. The summed E-state index contributed by atoms with van der Waals surface area (Å²) in [6.45, 7) is 0. The highest BCUT2D eigenvalue weighted by Crippen LogP contribution is 2.32. The first-order valence-electron chi connectivity index (χ1n) is 10.3. The maximum absolute atomic E-state index is 13.9. The molecule has 0 saturated heterocycles. The zero-order valence-electron chi connectivity index (χ0n) is 17.9. The third kappa shape index (κ3) is 4.56. The van der Waals surface area contributed by atoms with Gasteiger partial charge in [0.1, 0.15) is 17.3 Å². The third-order valence-electron chi connectivity index (χ3n) is 5.30. The van der Waals surface area contributed by atoms with Crippen LogP contribution in [0.1, 0.15) is 18.4 Å². The van der Waals surface area contributed by atoms with E-state index in [1.54, 1.807) is 44.7 Å². The van der Waals surface area contributed by atoms with Gasteiger partial charge in [0.2, 0.25) is 5.91 Å². The Labute approximate surface area is 185 Å². The fraction of sp³-hybridized carbons (Fsp3) is 0.200. The summed E-state index contributed by atoms with van der Waals surface area (Å²) < 4.78 is 24.5. The summed E-state index contributed by atoms with van der Waals surface area (Å²) in [6, 6.07) is 15.6. The molecule has 2 aromatic carbocycles. The number of anilines is 1. The summed E-state index contributed by atoms with van der Waals surface area (Å²) in [5, 5.41) is 3.69. The van der Waals surface area contributed by atoms with Crippen molar-refractivity contribution >= 4 is 22.5 Å². The number of aromatic amines is 1. The Kier molecular flexibility index (Phi) is 6.35. The van der Waals surface area contributed by atoms with Gasteiger partial charge in [0.25, 0.3) is 0 Å². The molecule has 0 spiro atoms. The number of halogens is 1. The van der Waals surface area contributed by atoms with E-state index in [0.717, 1.165) is 27.9 Å². The number of pyridine rings is 1. The number of carbonyl (C=O) groups excluding carboxylic acids is 1. The molecule has 4 aromatic rings. The topological polar surface area (TPSA) is 76.2 Å². The summed E-state index contributed by atoms with van der Waals surface area (Å²) >= 11 is 0. The summed E-state index contributed by atoms with van der Waals surface area (Å²) in [4.78, 5) is 20.4. The summed E-state index contributed by atoms with van der Waals surface area (Å²) in [7, 11) is 3.11. The van der Waals surface area contributed by atoms with Crippen LogP contribution in [-0.4, -0.2) is 30.1 Å². The van der Waals surface area contributed by atoms with E-state index in [1.165, 1.54) is 12.1 Å². The number of ether oxygens (including phenoxy) is 2. The lowest BCUT2D eigenvalue weighted by molar-refractivity contribution is -0.116. The molecule has 0 unspecified atom stereocenters. The van der Waals surface area contributed by atoms with E-state index in [0.29, 0.717) is 36.4 Å². The van der Waals surface area contributed by atoms with E-state index >= 15 is 0 Å². The van der Waals surface area contributed by atoms with Crippen LogP contribution in [0.15, 0.2) is 60.8 Å². The Hall–Kier alpha value is -3.87. The van der Waals surface area contributed by atoms with Crippen LogP contribution in [-0.2, 0) is 11.2 Å². The maximum atomic E-state index is 13.9. The van der Waals surface area contributed by atoms with Crippen molar-refractivity contribution in [2.45, 2.75) is 19.3 Å². The van der Waals surface area contributed by atoms with Gasteiger partial charge in [-0.05, 0) is 60.9 Å². The molecule has 7 heteroatoms. The van der Waals surface area contributed by atoms with E-state index < -0.39 is 0 Å². The van der Waals surface area contributed by atoms with E-state index in [9.17, 15) is 9.18 Å². The molecule has 0 bridgehead atoms. The van der Waals surface area contributed by atoms with Gasteiger partial charge in [-0.25, -0.2) is 4.39 Å². The number of carbonyl (C=O) groups is 1. The number of rotatable bonds is 8. The molecule has 32 heavy (non-hydrogen) atoms. The van der Waals surface area contributed by atoms with Crippen LogP contribution in [0.25, 0.3) is 22.3 Å². The first-order chi connectivity index (χ1) is 15.6. The molecule has 2 aromatic heterocycles. The largest absolute Gasteiger partial charge is 0.497 e. The number of aromatic nitrogens is 2. The lowest BCUT2D eigenvalue weighted by Gasteiger charge is -2.12. The molecule has 2 heterocycles. The summed E-state index contributed by atoms with van der Waals surface area (Å²) in [5.41, 5.74) is 3.98. The highest BCUT2D eigenvalue weighted by Gasteiger charge is 2.16. The molecule has 0 saturated carbocycles. The number of methoxy groups -OCH3 is 2. The van der Waals surface area contributed by atoms with Crippen molar-refractivity contribution in [2.75, 3.05) is 19.5 Å². The van der Waals surface area contributed by atoms with Crippen molar-refractivity contribution in [3.05, 3.63) is 72.2 Å². The van der Waals surface area contributed by atoms with Gasteiger partial charge >= 0.3 is 0 Å². The predicted molar refractivity (Wildman–Crippen MR) is 123 cm³/mol. The molecule has 0 radical (unpaired) electrons. The minimum Gasteiger partial charge on any atom is -0.497 e. The first kappa shape index (κ1) is 21.4. The number of nitrogens with zero attached hydrogens (tertiary/aromatic N) is 1. The van der Waals surface area contributed by atoms with Crippen LogP contribution in [0.5, 0.6) is 11.5 Å². The first-order valence-corrected chi connectivity index (χ1v) is 10.3. The minimum atomic E-state index is -0.298. The number of aryl methyl sites for hydroxylation is 1. The van der Waals surface area contributed by atoms with Gasteiger partial charge in [-0.15, -0.1) is 0 Å². The fourth-order valence-electron chi connectivity index (χ4n) is 3.76. The van der Waals surface area contributed by atoms with Crippen LogP contribution in [0, 0.1) is 5.82 Å². The predicted octanol–water partition coefficient (Wildman–Crippen LogP) is 5.35. The van der Waals surface area contributed by atoms with Crippen molar-refractivity contribution < 1.29 is 18.7 Å². The number of benzene rings is 2. The normalized spacial score (nSPS) is 10.8. The van der Waals surface area contributed by atoms with E-state index in [-0.39, 0.29) is 11.7 Å². The van der Waals surface area contributed by atoms with E-state index in [2.05, 4.69) is 15.3 Å². The average Bonchev–Trinajstić information content (AvgIpc) is 3.17. The van der Waals surface area contributed by atoms with Gasteiger partial charge in [-0.1, -0.05) is 6.07 Å². The monoisotopic (exact) mass is 433 g/mol. The molecule has 2 N–H and O–H groups in total. The van der Waals surface area contributed by atoms with Gasteiger partial charge in [-0.3, -0.25) is 9.78 Å². The molecule has 164 valence electrons. The Morgan fingerprint density at radius 1 is 1.09 bits per heavy atom.